The predicted molar refractivity (Wildman–Crippen MR) is 115 cm³/mol. The highest BCUT2D eigenvalue weighted by molar-refractivity contribution is 9.10. The number of unbranched alkanes of at least 4 members (excludes halogenated alkanes) is 3. The van der Waals surface area contributed by atoms with Crippen LogP contribution >= 0.6 is 15.9 Å². The Morgan fingerprint density at radius 3 is 2.59 bits per heavy atom. The van der Waals surface area contributed by atoms with Crippen LogP contribution in [0, 0.1) is 0 Å². The van der Waals surface area contributed by atoms with Crippen molar-refractivity contribution in [1.29, 1.82) is 0 Å². The standard InChI is InChI=1S/C22H28BrNO5/c1-3-28-22(26)11-6-4-5-7-14-24-20(19(23)12-13-21(24)25)16-29-18-10-8-9-17(15-18)27-2/h8-10,12-13,15H,3-7,11,14,16H2,1-2H3. The summed E-state index contributed by atoms with van der Waals surface area (Å²) in [6.45, 7) is 3.11. The Morgan fingerprint density at radius 2 is 1.83 bits per heavy atom. The van der Waals surface area contributed by atoms with Gasteiger partial charge in [0.1, 0.15) is 18.1 Å². The van der Waals surface area contributed by atoms with Crippen molar-refractivity contribution < 1.29 is 19.0 Å². The molecule has 1 aromatic carbocycles. The van der Waals surface area contributed by atoms with Crippen LogP contribution in [0.2, 0.25) is 0 Å². The molecule has 0 aliphatic carbocycles. The molecule has 0 saturated heterocycles. The fraction of sp³-hybridized carbons (Fsp3) is 0.455. The minimum Gasteiger partial charge on any atom is -0.497 e. The summed E-state index contributed by atoms with van der Waals surface area (Å²) in [6, 6.07) is 10.7. The number of halogens is 1. The molecule has 0 amide bonds. The second-order valence-corrected chi connectivity index (χ2v) is 7.41. The first kappa shape index (κ1) is 23.0. The normalized spacial score (nSPS) is 10.6. The summed E-state index contributed by atoms with van der Waals surface area (Å²) in [5.74, 6) is 1.25. The molecule has 158 valence electrons. The van der Waals surface area contributed by atoms with Gasteiger partial charge in [-0.05, 0) is 53.9 Å². The molecule has 29 heavy (non-hydrogen) atoms. The lowest BCUT2D eigenvalue weighted by Gasteiger charge is -2.15. The van der Waals surface area contributed by atoms with E-state index in [1.54, 1.807) is 23.8 Å². The van der Waals surface area contributed by atoms with Crippen LogP contribution < -0.4 is 15.0 Å². The van der Waals surface area contributed by atoms with Gasteiger partial charge >= 0.3 is 5.97 Å². The number of pyridine rings is 1. The first-order valence-electron chi connectivity index (χ1n) is 9.85. The van der Waals surface area contributed by atoms with Crippen molar-refractivity contribution in [2.45, 2.75) is 52.2 Å². The summed E-state index contributed by atoms with van der Waals surface area (Å²) in [7, 11) is 1.61. The minimum absolute atomic E-state index is 0.0519. The van der Waals surface area contributed by atoms with Crippen LogP contribution in [-0.2, 0) is 22.7 Å². The van der Waals surface area contributed by atoms with Crippen LogP contribution in [0.1, 0.15) is 44.7 Å². The molecule has 7 heteroatoms. The third kappa shape index (κ3) is 7.57. The van der Waals surface area contributed by atoms with Crippen molar-refractivity contribution in [2.24, 2.45) is 0 Å². The average Bonchev–Trinajstić information content (AvgIpc) is 2.72. The van der Waals surface area contributed by atoms with Crippen LogP contribution in [0.4, 0.5) is 0 Å². The number of esters is 1. The zero-order chi connectivity index (χ0) is 21.1. The van der Waals surface area contributed by atoms with Crippen molar-refractivity contribution in [3.8, 4) is 11.5 Å². The van der Waals surface area contributed by atoms with E-state index in [1.807, 2.05) is 31.2 Å². The highest BCUT2D eigenvalue weighted by Crippen LogP contribution is 2.22. The lowest BCUT2D eigenvalue weighted by Crippen LogP contribution is -2.24. The highest BCUT2D eigenvalue weighted by Gasteiger charge is 2.10. The smallest absolute Gasteiger partial charge is 0.305 e. The maximum absolute atomic E-state index is 12.4. The average molecular weight is 466 g/mol. The third-order valence-corrected chi connectivity index (χ3v) is 5.20. The number of hydrogen-bond donors (Lipinski definition) is 0. The molecule has 0 bridgehead atoms. The molecule has 0 aliphatic heterocycles. The second kappa shape index (κ2) is 12.3. The van der Waals surface area contributed by atoms with Crippen molar-refractivity contribution in [3.05, 3.63) is 56.9 Å². The van der Waals surface area contributed by atoms with Crippen LogP contribution in [0.3, 0.4) is 0 Å². The van der Waals surface area contributed by atoms with Gasteiger partial charge in [-0.1, -0.05) is 18.9 Å². The number of carbonyl (C=O) groups is 1. The number of nitrogens with zero attached hydrogens (tertiary/aromatic N) is 1. The molecule has 6 nitrogen and oxygen atoms in total. The van der Waals surface area contributed by atoms with Crippen LogP contribution in [0.25, 0.3) is 0 Å². The topological polar surface area (TPSA) is 66.8 Å². The van der Waals surface area contributed by atoms with Gasteiger partial charge in [-0.3, -0.25) is 9.59 Å². The number of rotatable bonds is 12. The highest BCUT2D eigenvalue weighted by atomic mass is 79.9. The molecule has 0 fully saturated rings. The SMILES string of the molecule is CCOC(=O)CCCCCCn1c(COc2cccc(OC)c2)c(Br)ccc1=O. The van der Waals surface area contributed by atoms with Crippen molar-refractivity contribution in [2.75, 3.05) is 13.7 Å². The molecule has 0 saturated carbocycles. The Morgan fingerprint density at radius 1 is 1.07 bits per heavy atom. The van der Waals surface area contributed by atoms with Crippen molar-refractivity contribution in [1.82, 2.24) is 4.57 Å². The molecule has 1 aromatic heterocycles. The summed E-state index contributed by atoms with van der Waals surface area (Å²) in [6.07, 6.45) is 3.97. The van der Waals surface area contributed by atoms with Gasteiger partial charge in [0.05, 0.1) is 19.4 Å². The number of benzene rings is 1. The monoisotopic (exact) mass is 465 g/mol. The van der Waals surface area contributed by atoms with Gasteiger partial charge in [0.25, 0.3) is 5.56 Å². The summed E-state index contributed by atoms with van der Waals surface area (Å²) in [5.41, 5.74) is 0.746. The molecule has 2 aromatic rings. The van der Waals surface area contributed by atoms with E-state index in [4.69, 9.17) is 14.2 Å². The Kier molecular flexibility index (Phi) is 9.77. The summed E-state index contributed by atoms with van der Waals surface area (Å²) in [4.78, 5) is 23.7. The molecule has 0 N–H and O–H groups in total. The summed E-state index contributed by atoms with van der Waals surface area (Å²) in [5, 5.41) is 0. The largest absolute Gasteiger partial charge is 0.497 e. The fourth-order valence-corrected chi connectivity index (χ4v) is 3.41. The molecule has 1 heterocycles. The van der Waals surface area contributed by atoms with E-state index in [2.05, 4.69) is 15.9 Å². The van der Waals surface area contributed by atoms with E-state index in [0.29, 0.717) is 25.3 Å². The van der Waals surface area contributed by atoms with Gasteiger partial charge in [-0.2, -0.15) is 0 Å². The van der Waals surface area contributed by atoms with Gasteiger partial charge < -0.3 is 18.8 Å². The Bertz CT molecular complexity index is 849. The number of aromatic nitrogens is 1. The quantitative estimate of drug-likeness (QED) is 0.335. The van der Waals surface area contributed by atoms with Crippen molar-refractivity contribution >= 4 is 21.9 Å². The van der Waals surface area contributed by atoms with Crippen LogP contribution in [-0.4, -0.2) is 24.3 Å². The number of hydrogen-bond acceptors (Lipinski definition) is 5. The van der Waals surface area contributed by atoms with Gasteiger partial charge in [-0.25, -0.2) is 0 Å². The van der Waals surface area contributed by atoms with E-state index >= 15 is 0 Å². The molecular formula is C22H28BrNO5. The molecule has 0 atom stereocenters. The zero-order valence-corrected chi connectivity index (χ0v) is 18.6. The molecule has 0 spiro atoms. The molecule has 0 radical (unpaired) electrons. The maximum Gasteiger partial charge on any atom is 0.305 e. The first-order valence-corrected chi connectivity index (χ1v) is 10.6. The van der Waals surface area contributed by atoms with Gasteiger partial charge in [-0.15, -0.1) is 0 Å². The third-order valence-electron chi connectivity index (χ3n) is 4.47. The predicted octanol–water partition coefficient (Wildman–Crippen LogP) is 4.71. The Hall–Kier alpha value is -2.28. The zero-order valence-electron chi connectivity index (χ0n) is 17.0. The summed E-state index contributed by atoms with van der Waals surface area (Å²) < 4.78 is 18.6. The van der Waals surface area contributed by atoms with E-state index in [0.717, 1.165) is 41.6 Å². The molecule has 0 aliphatic rings. The van der Waals surface area contributed by atoms with E-state index < -0.39 is 0 Å². The molecule has 2 rings (SSSR count). The Labute approximate surface area is 179 Å². The molecular weight excluding hydrogens is 438 g/mol. The number of methoxy groups -OCH3 is 1. The van der Waals surface area contributed by atoms with Gasteiger partial charge in [0.2, 0.25) is 0 Å². The van der Waals surface area contributed by atoms with Crippen LogP contribution in [0.5, 0.6) is 11.5 Å². The van der Waals surface area contributed by atoms with Gasteiger partial charge in [0, 0.05) is 29.6 Å². The minimum atomic E-state index is -0.146. The number of ether oxygens (including phenoxy) is 3. The number of carbonyl (C=O) groups excluding carboxylic acids is 1. The Balaban J connectivity index is 1.91. The lowest BCUT2D eigenvalue weighted by atomic mass is 10.1. The first-order chi connectivity index (χ1) is 14.0. The summed E-state index contributed by atoms with van der Waals surface area (Å²) >= 11 is 3.53. The fourth-order valence-electron chi connectivity index (χ4n) is 2.95. The van der Waals surface area contributed by atoms with E-state index in [-0.39, 0.29) is 18.1 Å². The maximum atomic E-state index is 12.4. The van der Waals surface area contributed by atoms with E-state index in [1.165, 1.54) is 0 Å². The van der Waals surface area contributed by atoms with Gasteiger partial charge in [0.15, 0.2) is 0 Å². The lowest BCUT2D eigenvalue weighted by molar-refractivity contribution is -0.143. The van der Waals surface area contributed by atoms with E-state index in [9.17, 15) is 9.59 Å². The van der Waals surface area contributed by atoms with Crippen LogP contribution in [0.15, 0.2) is 45.7 Å². The van der Waals surface area contributed by atoms with Crippen molar-refractivity contribution in [3.63, 3.8) is 0 Å². The molecule has 0 unspecified atom stereocenters. The second-order valence-electron chi connectivity index (χ2n) is 6.55.